The Morgan fingerprint density at radius 3 is 2.60 bits per heavy atom. The first-order valence-corrected chi connectivity index (χ1v) is 6.51. The standard InChI is InChI=1S/C15H15BN2O2/c17-15(18)11-7-5-10(6-8-11)14-9-12-3-1-2-4-13(12)16(19)20-14/h1-8,14,19H,9H2,(H3,17,18)/t14-/m0/s1. The van der Waals surface area contributed by atoms with E-state index in [1.165, 1.54) is 0 Å². The third-order valence-corrected chi connectivity index (χ3v) is 3.61. The molecule has 1 aliphatic rings. The molecule has 0 aromatic heterocycles. The van der Waals surface area contributed by atoms with E-state index in [4.69, 9.17) is 15.8 Å². The van der Waals surface area contributed by atoms with Crippen molar-refractivity contribution in [3.8, 4) is 0 Å². The second kappa shape index (κ2) is 5.11. The van der Waals surface area contributed by atoms with E-state index in [1.807, 2.05) is 36.4 Å². The number of benzene rings is 2. The van der Waals surface area contributed by atoms with E-state index in [2.05, 4.69) is 0 Å². The lowest BCUT2D eigenvalue weighted by Gasteiger charge is -2.27. The molecule has 0 spiro atoms. The van der Waals surface area contributed by atoms with Crippen LogP contribution in [0.2, 0.25) is 0 Å². The van der Waals surface area contributed by atoms with E-state index in [0.717, 1.165) is 23.0 Å². The van der Waals surface area contributed by atoms with Crippen LogP contribution in [0.4, 0.5) is 0 Å². The predicted molar refractivity (Wildman–Crippen MR) is 79.0 cm³/mol. The van der Waals surface area contributed by atoms with Gasteiger partial charge < -0.3 is 15.4 Å². The Labute approximate surface area is 117 Å². The van der Waals surface area contributed by atoms with E-state index < -0.39 is 7.12 Å². The van der Waals surface area contributed by atoms with E-state index in [9.17, 15) is 5.02 Å². The third kappa shape index (κ3) is 2.33. The molecule has 0 unspecified atom stereocenters. The summed E-state index contributed by atoms with van der Waals surface area (Å²) in [6.07, 6.45) is 0.549. The van der Waals surface area contributed by atoms with Gasteiger partial charge in [0, 0.05) is 12.0 Å². The molecule has 20 heavy (non-hydrogen) atoms. The van der Waals surface area contributed by atoms with Crippen molar-refractivity contribution in [2.24, 2.45) is 5.73 Å². The molecule has 100 valence electrons. The summed E-state index contributed by atoms with van der Waals surface area (Å²) < 4.78 is 5.67. The topological polar surface area (TPSA) is 79.3 Å². The summed E-state index contributed by atoms with van der Waals surface area (Å²) in [5, 5.41) is 17.4. The molecule has 0 amide bonds. The largest absolute Gasteiger partial charge is 0.491 e. The van der Waals surface area contributed by atoms with Crippen molar-refractivity contribution in [3.05, 3.63) is 65.2 Å². The van der Waals surface area contributed by atoms with E-state index in [0.29, 0.717) is 5.56 Å². The normalized spacial score (nSPS) is 17.6. The molecule has 0 radical (unpaired) electrons. The minimum Gasteiger partial charge on any atom is -0.423 e. The highest BCUT2D eigenvalue weighted by Crippen LogP contribution is 2.26. The Balaban J connectivity index is 1.88. The zero-order valence-electron chi connectivity index (χ0n) is 10.9. The van der Waals surface area contributed by atoms with Crippen LogP contribution in [0.25, 0.3) is 0 Å². The second-order valence-corrected chi connectivity index (χ2v) is 4.92. The first kappa shape index (κ1) is 12.9. The lowest BCUT2D eigenvalue weighted by atomic mass is 9.71. The van der Waals surface area contributed by atoms with Crippen LogP contribution >= 0.6 is 0 Å². The fourth-order valence-electron chi connectivity index (χ4n) is 2.51. The van der Waals surface area contributed by atoms with Crippen LogP contribution in [-0.4, -0.2) is 18.0 Å². The summed E-state index contributed by atoms with van der Waals surface area (Å²) in [6, 6.07) is 15.1. The minimum absolute atomic E-state index is 0.0477. The van der Waals surface area contributed by atoms with Crippen molar-refractivity contribution >= 4 is 18.4 Å². The quantitative estimate of drug-likeness (QED) is 0.430. The molecular weight excluding hydrogens is 251 g/mol. The first-order chi connectivity index (χ1) is 9.65. The van der Waals surface area contributed by atoms with Crippen molar-refractivity contribution in [3.63, 3.8) is 0 Å². The van der Waals surface area contributed by atoms with Gasteiger partial charge in [-0.3, -0.25) is 5.41 Å². The lowest BCUT2D eigenvalue weighted by molar-refractivity contribution is 0.168. The molecule has 1 heterocycles. The smallest absolute Gasteiger partial charge is 0.423 e. The van der Waals surface area contributed by atoms with E-state index in [-0.39, 0.29) is 11.9 Å². The van der Waals surface area contributed by atoms with Crippen LogP contribution in [0, 0.1) is 5.41 Å². The van der Waals surface area contributed by atoms with Gasteiger partial charge in [0.1, 0.15) is 5.84 Å². The fraction of sp³-hybridized carbons (Fsp3) is 0.133. The molecule has 0 aliphatic carbocycles. The van der Waals surface area contributed by atoms with Crippen LogP contribution < -0.4 is 11.2 Å². The van der Waals surface area contributed by atoms with Gasteiger partial charge in [-0.15, -0.1) is 0 Å². The molecule has 2 aromatic carbocycles. The monoisotopic (exact) mass is 266 g/mol. The van der Waals surface area contributed by atoms with Crippen LogP contribution in [0.15, 0.2) is 48.5 Å². The third-order valence-electron chi connectivity index (χ3n) is 3.61. The predicted octanol–water partition coefficient (Wildman–Crippen LogP) is 0.972. The molecule has 4 nitrogen and oxygen atoms in total. The maximum atomic E-state index is 10.1. The van der Waals surface area contributed by atoms with Gasteiger partial charge in [-0.1, -0.05) is 48.5 Å². The maximum absolute atomic E-state index is 10.1. The van der Waals surface area contributed by atoms with Gasteiger partial charge in [0.15, 0.2) is 0 Å². The molecular formula is C15H15BN2O2. The SMILES string of the molecule is N=C(N)c1ccc([C@@H]2Cc3ccccc3B(O)O2)cc1. The van der Waals surface area contributed by atoms with Gasteiger partial charge in [0.2, 0.25) is 0 Å². The highest BCUT2D eigenvalue weighted by molar-refractivity contribution is 6.60. The first-order valence-electron chi connectivity index (χ1n) is 6.51. The fourth-order valence-corrected chi connectivity index (χ4v) is 2.51. The zero-order valence-corrected chi connectivity index (χ0v) is 10.9. The number of hydrogen-bond donors (Lipinski definition) is 3. The molecule has 4 N–H and O–H groups in total. The van der Waals surface area contributed by atoms with Crippen molar-refractivity contribution in [1.29, 1.82) is 5.41 Å². The summed E-state index contributed by atoms with van der Waals surface area (Å²) in [5.74, 6) is 0.0477. The summed E-state index contributed by atoms with van der Waals surface area (Å²) in [6.45, 7) is 0. The van der Waals surface area contributed by atoms with Crippen molar-refractivity contribution in [1.82, 2.24) is 0 Å². The van der Waals surface area contributed by atoms with Gasteiger partial charge >= 0.3 is 7.12 Å². The van der Waals surface area contributed by atoms with Gasteiger partial charge in [-0.2, -0.15) is 0 Å². The summed E-state index contributed by atoms with van der Waals surface area (Å²) >= 11 is 0. The average molecular weight is 266 g/mol. The summed E-state index contributed by atoms with van der Waals surface area (Å²) in [7, 11) is -0.891. The Morgan fingerprint density at radius 1 is 1.20 bits per heavy atom. The second-order valence-electron chi connectivity index (χ2n) is 4.92. The number of nitrogens with one attached hydrogen (secondary N) is 1. The average Bonchev–Trinajstić information content (AvgIpc) is 2.47. The Morgan fingerprint density at radius 2 is 1.90 bits per heavy atom. The molecule has 0 saturated carbocycles. The number of nitrogens with two attached hydrogens (primary N) is 1. The van der Waals surface area contributed by atoms with Crippen molar-refractivity contribution in [2.45, 2.75) is 12.5 Å². The molecule has 0 saturated heterocycles. The van der Waals surface area contributed by atoms with Gasteiger partial charge in [-0.25, -0.2) is 0 Å². The van der Waals surface area contributed by atoms with Gasteiger partial charge in [0.25, 0.3) is 0 Å². The van der Waals surface area contributed by atoms with Crippen LogP contribution in [-0.2, 0) is 11.1 Å². The molecule has 0 bridgehead atoms. The zero-order chi connectivity index (χ0) is 14.1. The number of amidine groups is 1. The number of fused-ring (bicyclic) bond motifs is 1. The van der Waals surface area contributed by atoms with Crippen molar-refractivity contribution < 1.29 is 9.68 Å². The van der Waals surface area contributed by atoms with E-state index in [1.54, 1.807) is 12.1 Å². The molecule has 1 atom stereocenters. The van der Waals surface area contributed by atoms with Crippen LogP contribution in [0.3, 0.4) is 0 Å². The summed E-state index contributed by atoms with van der Waals surface area (Å²) in [5.41, 5.74) is 9.04. The number of rotatable bonds is 2. The highest BCUT2D eigenvalue weighted by Gasteiger charge is 2.31. The molecule has 0 fully saturated rings. The van der Waals surface area contributed by atoms with Gasteiger partial charge in [0.05, 0.1) is 6.10 Å². The summed E-state index contributed by atoms with van der Waals surface area (Å²) in [4.78, 5) is 0. The highest BCUT2D eigenvalue weighted by atomic mass is 16.5. The number of nitrogen functional groups attached to an aromatic ring is 1. The maximum Gasteiger partial charge on any atom is 0.491 e. The Bertz CT molecular complexity index is 643. The Kier molecular flexibility index (Phi) is 3.30. The molecule has 1 aliphatic heterocycles. The Hall–Kier alpha value is -2.11. The van der Waals surface area contributed by atoms with Crippen LogP contribution in [0.1, 0.15) is 22.8 Å². The lowest BCUT2D eigenvalue weighted by Crippen LogP contribution is -2.42. The van der Waals surface area contributed by atoms with Crippen LogP contribution in [0.5, 0.6) is 0 Å². The van der Waals surface area contributed by atoms with Crippen molar-refractivity contribution in [2.75, 3.05) is 0 Å². The van der Waals surface area contributed by atoms with E-state index >= 15 is 0 Å². The minimum atomic E-state index is -0.891. The van der Waals surface area contributed by atoms with Gasteiger partial charge in [-0.05, 0) is 16.6 Å². The molecule has 3 rings (SSSR count). The molecule has 5 heteroatoms. The number of hydrogen-bond acceptors (Lipinski definition) is 3. The molecule has 2 aromatic rings.